The molecule has 3 fully saturated rings. The third-order valence-corrected chi connectivity index (χ3v) is 10.1. The normalized spacial score (nSPS) is 39.6. The van der Waals surface area contributed by atoms with Gasteiger partial charge in [0.2, 0.25) is 0 Å². The van der Waals surface area contributed by atoms with E-state index in [1.54, 1.807) is 12.3 Å². The number of cyclic esters (lactones) is 1. The summed E-state index contributed by atoms with van der Waals surface area (Å²) in [6.45, 7) is 9.07. The first-order chi connectivity index (χ1) is 17.8. The monoisotopic (exact) mass is 528 g/mol. The number of aliphatic hydroxyl groups excluding tert-OH is 1. The van der Waals surface area contributed by atoms with Crippen molar-refractivity contribution in [2.45, 2.75) is 78.6 Å². The molecule has 38 heavy (non-hydrogen) atoms. The van der Waals surface area contributed by atoms with Gasteiger partial charge in [0, 0.05) is 35.2 Å². The van der Waals surface area contributed by atoms with E-state index in [9.17, 15) is 24.3 Å². The van der Waals surface area contributed by atoms with Crippen molar-refractivity contribution in [1.29, 1.82) is 0 Å². The first-order valence-corrected chi connectivity index (χ1v) is 13.2. The summed E-state index contributed by atoms with van der Waals surface area (Å²) in [7, 11) is 1.31. The summed E-state index contributed by atoms with van der Waals surface area (Å²) in [5, 5.41) is 11.3. The van der Waals surface area contributed by atoms with Gasteiger partial charge in [-0.15, -0.1) is 0 Å². The molecular weight excluding hydrogens is 492 g/mol. The zero-order valence-corrected chi connectivity index (χ0v) is 22.7. The first kappa shape index (κ1) is 26.7. The number of aliphatic hydroxyl groups is 1. The van der Waals surface area contributed by atoms with Crippen LogP contribution in [0.3, 0.4) is 0 Å². The Morgan fingerprint density at radius 1 is 1.18 bits per heavy atom. The molecule has 4 aliphatic rings. The number of ether oxygens (including phenoxy) is 3. The van der Waals surface area contributed by atoms with Crippen LogP contribution in [0.1, 0.15) is 72.0 Å². The van der Waals surface area contributed by atoms with E-state index in [4.69, 9.17) is 18.6 Å². The molecule has 2 heterocycles. The third kappa shape index (κ3) is 3.53. The smallest absolute Gasteiger partial charge is 0.339 e. The number of hydrogen-bond acceptors (Lipinski definition) is 9. The Bertz CT molecular complexity index is 1210. The number of allylic oxidation sites excluding steroid dienone is 1. The summed E-state index contributed by atoms with van der Waals surface area (Å²) >= 11 is 0. The molecule has 8 atom stereocenters. The highest BCUT2D eigenvalue weighted by atomic mass is 16.6. The number of furan rings is 1. The van der Waals surface area contributed by atoms with E-state index >= 15 is 0 Å². The SMILES string of the molecule is COC(=O)C[C@H]1C(C)(C)[C@H](OC(C)=O)[C@@H]2CC3=C4[C@@H](O)C(=O)O[C@@H](c5ccoc5)[C@]4(C)CC[C@@H]3[C@@]1(C)C2=O. The van der Waals surface area contributed by atoms with Gasteiger partial charge in [0.1, 0.15) is 18.0 Å². The molecule has 0 radical (unpaired) electrons. The van der Waals surface area contributed by atoms with Crippen LogP contribution < -0.4 is 0 Å². The maximum absolute atomic E-state index is 14.2. The Labute approximate surface area is 221 Å². The fourth-order valence-corrected chi connectivity index (χ4v) is 8.46. The predicted octanol–water partition coefficient (Wildman–Crippen LogP) is 3.70. The highest BCUT2D eigenvalue weighted by molar-refractivity contribution is 5.93. The molecule has 0 spiro atoms. The van der Waals surface area contributed by atoms with E-state index in [1.165, 1.54) is 20.3 Å². The molecule has 1 saturated heterocycles. The molecule has 2 saturated carbocycles. The van der Waals surface area contributed by atoms with Gasteiger partial charge in [-0.2, -0.15) is 0 Å². The molecule has 2 bridgehead atoms. The van der Waals surface area contributed by atoms with Crippen LogP contribution >= 0.6 is 0 Å². The van der Waals surface area contributed by atoms with Gasteiger partial charge in [-0.1, -0.05) is 33.3 Å². The fraction of sp³-hybridized carbons (Fsp3) is 0.655. The quantitative estimate of drug-likeness (QED) is 0.353. The van der Waals surface area contributed by atoms with Gasteiger partial charge in [-0.05, 0) is 42.7 Å². The zero-order chi connectivity index (χ0) is 27.8. The van der Waals surface area contributed by atoms with Crippen molar-refractivity contribution in [3.63, 3.8) is 0 Å². The number of hydrogen-bond donors (Lipinski definition) is 1. The highest BCUT2D eigenvalue weighted by Crippen LogP contribution is 2.68. The summed E-state index contributed by atoms with van der Waals surface area (Å²) in [5.41, 5.74) is -0.312. The van der Waals surface area contributed by atoms with Crippen molar-refractivity contribution in [2.24, 2.45) is 34.0 Å². The average molecular weight is 529 g/mol. The average Bonchev–Trinajstić information content (AvgIpc) is 3.38. The minimum Gasteiger partial charge on any atom is -0.472 e. The van der Waals surface area contributed by atoms with Crippen LogP contribution in [-0.4, -0.2) is 48.1 Å². The van der Waals surface area contributed by atoms with Gasteiger partial charge in [0.05, 0.1) is 25.6 Å². The number of carbonyl (C=O) groups excluding carboxylic acids is 4. The van der Waals surface area contributed by atoms with Crippen molar-refractivity contribution in [1.82, 2.24) is 0 Å². The molecule has 9 heteroatoms. The van der Waals surface area contributed by atoms with Crippen molar-refractivity contribution in [3.8, 4) is 0 Å². The van der Waals surface area contributed by atoms with E-state index in [1.807, 2.05) is 27.7 Å². The van der Waals surface area contributed by atoms with Gasteiger partial charge < -0.3 is 23.7 Å². The Kier molecular flexibility index (Phi) is 6.17. The van der Waals surface area contributed by atoms with Crippen LogP contribution in [0.2, 0.25) is 0 Å². The Morgan fingerprint density at radius 2 is 1.89 bits per heavy atom. The third-order valence-electron chi connectivity index (χ3n) is 10.1. The molecule has 1 aromatic rings. The van der Waals surface area contributed by atoms with Crippen molar-refractivity contribution in [2.75, 3.05) is 7.11 Å². The van der Waals surface area contributed by atoms with E-state index in [2.05, 4.69) is 0 Å². The van der Waals surface area contributed by atoms with Crippen molar-refractivity contribution < 1.29 is 42.9 Å². The van der Waals surface area contributed by atoms with E-state index in [0.717, 1.165) is 5.57 Å². The predicted molar refractivity (Wildman–Crippen MR) is 132 cm³/mol. The minimum atomic E-state index is -1.47. The number of methoxy groups -OCH3 is 1. The van der Waals surface area contributed by atoms with E-state index < -0.39 is 64.3 Å². The highest BCUT2D eigenvalue weighted by Gasteiger charge is 2.69. The summed E-state index contributed by atoms with van der Waals surface area (Å²) in [5.74, 6) is -3.22. The molecular formula is C29H36O9. The van der Waals surface area contributed by atoms with Crippen molar-refractivity contribution >= 4 is 23.7 Å². The summed E-state index contributed by atoms with van der Waals surface area (Å²) in [6, 6.07) is 1.75. The number of rotatable bonds is 4. The Balaban J connectivity index is 1.72. The number of Topliss-reactive ketones (excluding diaryl/α,β-unsaturated/α-hetero) is 1. The second-order valence-electron chi connectivity index (χ2n) is 12.4. The summed E-state index contributed by atoms with van der Waals surface area (Å²) in [4.78, 5) is 52.1. The number of carbonyl (C=O) groups is 4. The van der Waals surface area contributed by atoms with Crippen LogP contribution in [0.15, 0.2) is 34.2 Å². The molecule has 1 aromatic heterocycles. The molecule has 3 aliphatic carbocycles. The summed E-state index contributed by atoms with van der Waals surface area (Å²) in [6.07, 6.45) is 1.56. The second kappa shape index (κ2) is 8.79. The molecule has 0 unspecified atom stereocenters. The van der Waals surface area contributed by atoms with Gasteiger partial charge >= 0.3 is 17.9 Å². The van der Waals surface area contributed by atoms with Gasteiger partial charge in [0.15, 0.2) is 6.10 Å². The minimum absolute atomic E-state index is 0.0190. The van der Waals surface area contributed by atoms with E-state index in [0.29, 0.717) is 24.0 Å². The maximum atomic E-state index is 14.2. The van der Waals surface area contributed by atoms with Crippen LogP contribution in [0.25, 0.3) is 0 Å². The number of esters is 3. The number of ketones is 1. The topological polar surface area (TPSA) is 129 Å². The lowest BCUT2D eigenvalue weighted by molar-refractivity contribution is -0.198. The largest absolute Gasteiger partial charge is 0.472 e. The maximum Gasteiger partial charge on any atom is 0.339 e. The number of fused-ring (bicyclic) bond motifs is 5. The lowest BCUT2D eigenvalue weighted by Crippen LogP contribution is -2.67. The Hall–Kier alpha value is -2.94. The second-order valence-corrected chi connectivity index (χ2v) is 12.4. The lowest BCUT2D eigenvalue weighted by atomic mass is 9.40. The lowest BCUT2D eigenvalue weighted by Gasteiger charge is -2.63. The van der Waals surface area contributed by atoms with Gasteiger partial charge in [0.25, 0.3) is 0 Å². The first-order valence-electron chi connectivity index (χ1n) is 13.2. The van der Waals surface area contributed by atoms with Crippen molar-refractivity contribution in [3.05, 3.63) is 35.3 Å². The zero-order valence-electron chi connectivity index (χ0n) is 22.7. The summed E-state index contributed by atoms with van der Waals surface area (Å²) < 4.78 is 21.9. The van der Waals surface area contributed by atoms with Gasteiger partial charge in [-0.25, -0.2) is 4.79 Å². The fourth-order valence-electron chi connectivity index (χ4n) is 8.46. The molecule has 0 amide bonds. The molecule has 1 N–H and O–H groups in total. The molecule has 1 aliphatic heterocycles. The van der Waals surface area contributed by atoms with Crippen LogP contribution in [0, 0.1) is 34.0 Å². The van der Waals surface area contributed by atoms with Crippen LogP contribution in [0.5, 0.6) is 0 Å². The molecule has 5 rings (SSSR count). The Morgan fingerprint density at radius 3 is 2.50 bits per heavy atom. The standard InChI is InChI=1S/C29H36O9/c1-14(30)37-25-17-11-16-18(29(5,23(17)33)19(27(25,2)3)12-20(31)35-6)7-9-28(4)21(16)22(32)26(34)38-24(28)15-8-10-36-13-15/h8,10,13,17-19,22,24-25,32H,7,9,11-12H2,1-6H3/t17-,18+,19+,22-,24+,25-,28-,29-/m1/s1. The van der Waals surface area contributed by atoms with E-state index in [-0.39, 0.29) is 24.5 Å². The van der Waals surface area contributed by atoms with Gasteiger partial charge in [-0.3, -0.25) is 14.4 Å². The molecule has 206 valence electrons. The van der Waals surface area contributed by atoms with Crippen LogP contribution in [-0.2, 0) is 33.4 Å². The molecule has 0 aromatic carbocycles. The molecule has 9 nitrogen and oxygen atoms in total. The van der Waals surface area contributed by atoms with Crippen LogP contribution in [0.4, 0.5) is 0 Å².